The predicted molar refractivity (Wildman–Crippen MR) is 63.1 cm³/mol. The van der Waals surface area contributed by atoms with Gasteiger partial charge >= 0.3 is 0 Å². The highest BCUT2D eigenvalue weighted by Crippen LogP contribution is 2.10. The van der Waals surface area contributed by atoms with Crippen LogP contribution in [0.2, 0.25) is 0 Å². The van der Waals surface area contributed by atoms with Crippen LogP contribution in [-0.2, 0) is 4.79 Å². The van der Waals surface area contributed by atoms with E-state index < -0.39 is 0 Å². The Labute approximate surface area is 94.1 Å². The lowest BCUT2D eigenvalue weighted by molar-refractivity contribution is -0.110. The topological polar surface area (TPSA) is 75.3 Å². The molecule has 0 aliphatic heterocycles. The lowest BCUT2D eigenvalue weighted by Crippen LogP contribution is -2.19. The van der Waals surface area contributed by atoms with Crippen LogP contribution in [-0.4, -0.2) is 10.9 Å². The number of carbonyl (C=O) groups is 1. The average molecular weight is 218 g/mol. The van der Waals surface area contributed by atoms with Crippen molar-refractivity contribution in [2.75, 3.05) is 0 Å². The second-order valence-electron chi connectivity index (χ2n) is 3.27. The number of aliphatic hydroxyl groups excluding tert-OH is 1. The van der Waals surface area contributed by atoms with Crippen LogP contribution in [0.3, 0.4) is 0 Å². The van der Waals surface area contributed by atoms with Gasteiger partial charge in [0.25, 0.3) is 0 Å². The minimum absolute atomic E-state index is 0.0633. The Morgan fingerprint density at radius 1 is 1.31 bits per heavy atom. The van der Waals surface area contributed by atoms with E-state index in [2.05, 4.69) is 5.43 Å². The summed E-state index contributed by atoms with van der Waals surface area (Å²) in [4.78, 5) is 11.4. The third-order valence-corrected chi connectivity index (χ3v) is 1.93. The number of rotatable bonds is 4. The lowest BCUT2D eigenvalue weighted by atomic mass is 10.1. The van der Waals surface area contributed by atoms with Crippen molar-refractivity contribution in [2.45, 2.75) is 6.92 Å². The molecule has 0 unspecified atom stereocenters. The Hall–Kier alpha value is -2.07. The largest absolute Gasteiger partial charge is 0.507 e. The molecule has 0 atom stereocenters. The summed E-state index contributed by atoms with van der Waals surface area (Å²) < 4.78 is 0. The van der Waals surface area contributed by atoms with E-state index in [1.54, 1.807) is 31.2 Å². The molecular weight excluding hydrogens is 204 g/mol. The summed E-state index contributed by atoms with van der Waals surface area (Å²) in [7, 11) is 0. The van der Waals surface area contributed by atoms with E-state index in [4.69, 9.17) is 5.84 Å². The van der Waals surface area contributed by atoms with Crippen LogP contribution in [0, 0.1) is 0 Å². The van der Waals surface area contributed by atoms with E-state index >= 15 is 0 Å². The molecule has 0 saturated heterocycles. The summed E-state index contributed by atoms with van der Waals surface area (Å²) in [5, 5.41) is 9.64. The zero-order valence-electron chi connectivity index (χ0n) is 8.97. The Kier molecular flexibility index (Phi) is 4.29. The standard InChI is InChI=1S/C12H14N2O2/c1-9(14-13)7-11(15)8-12(16)10-5-3-2-4-6-10/h2-8,14,16H,13H2,1H3/b9-7+,12-8-. The molecule has 0 heterocycles. The summed E-state index contributed by atoms with van der Waals surface area (Å²) in [6, 6.07) is 8.84. The van der Waals surface area contributed by atoms with Gasteiger partial charge in [-0.3, -0.25) is 10.6 Å². The van der Waals surface area contributed by atoms with Crippen LogP contribution in [0.15, 0.2) is 48.2 Å². The highest BCUT2D eigenvalue weighted by Gasteiger charge is 2.00. The number of benzene rings is 1. The van der Waals surface area contributed by atoms with Crippen molar-refractivity contribution in [2.24, 2.45) is 5.84 Å². The molecule has 0 fully saturated rings. The molecule has 1 aromatic carbocycles. The number of carbonyl (C=O) groups excluding carboxylic acids is 1. The fourth-order valence-electron chi connectivity index (χ4n) is 1.12. The second-order valence-corrected chi connectivity index (χ2v) is 3.27. The van der Waals surface area contributed by atoms with Gasteiger partial charge in [-0.1, -0.05) is 30.3 Å². The van der Waals surface area contributed by atoms with E-state index in [1.165, 1.54) is 6.08 Å². The molecule has 84 valence electrons. The first-order chi connectivity index (χ1) is 7.63. The molecule has 4 N–H and O–H groups in total. The van der Waals surface area contributed by atoms with Crippen molar-refractivity contribution in [3.8, 4) is 0 Å². The van der Waals surface area contributed by atoms with Gasteiger partial charge in [-0.25, -0.2) is 0 Å². The number of nitrogens with two attached hydrogens (primary N) is 1. The SMILES string of the molecule is C/C(=C\C(=O)/C=C(\O)c1ccccc1)NN. The normalized spacial score (nSPS) is 12.4. The van der Waals surface area contributed by atoms with Gasteiger partial charge in [-0.2, -0.15) is 0 Å². The second kappa shape index (κ2) is 5.72. The Morgan fingerprint density at radius 3 is 2.50 bits per heavy atom. The molecular formula is C12H14N2O2. The first-order valence-corrected chi connectivity index (χ1v) is 4.78. The molecule has 0 saturated carbocycles. The summed E-state index contributed by atoms with van der Waals surface area (Å²) in [5.41, 5.74) is 3.47. The van der Waals surface area contributed by atoms with Gasteiger partial charge < -0.3 is 10.5 Å². The molecule has 0 amide bonds. The maximum atomic E-state index is 11.4. The minimum atomic E-state index is -0.322. The molecule has 0 aromatic heterocycles. The highest BCUT2D eigenvalue weighted by atomic mass is 16.3. The molecule has 16 heavy (non-hydrogen) atoms. The molecule has 1 aromatic rings. The molecule has 0 aliphatic rings. The molecule has 4 heteroatoms. The molecule has 0 bridgehead atoms. The number of hydrogen-bond donors (Lipinski definition) is 3. The lowest BCUT2D eigenvalue weighted by Gasteiger charge is -1.99. The molecule has 0 spiro atoms. The van der Waals surface area contributed by atoms with E-state index in [9.17, 15) is 9.90 Å². The Morgan fingerprint density at radius 2 is 1.94 bits per heavy atom. The van der Waals surface area contributed by atoms with Crippen LogP contribution in [0.5, 0.6) is 0 Å². The monoisotopic (exact) mass is 218 g/mol. The summed E-state index contributed by atoms with van der Waals surface area (Å²) in [6.07, 6.45) is 2.45. The van der Waals surface area contributed by atoms with Crippen molar-refractivity contribution < 1.29 is 9.90 Å². The van der Waals surface area contributed by atoms with Gasteiger partial charge in [-0.15, -0.1) is 0 Å². The zero-order valence-corrected chi connectivity index (χ0v) is 8.97. The quantitative estimate of drug-likeness (QED) is 0.310. The van der Waals surface area contributed by atoms with Crippen molar-refractivity contribution in [3.05, 3.63) is 53.7 Å². The van der Waals surface area contributed by atoms with Gasteiger partial charge in [-0.05, 0) is 6.92 Å². The van der Waals surface area contributed by atoms with E-state index in [-0.39, 0.29) is 11.5 Å². The summed E-state index contributed by atoms with van der Waals surface area (Å²) in [5.74, 6) is 4.72. The van der Waals surface area contributed by atoms with Crippen LogP contribution in [0.1, 0.15) is 12.5 Å². The van der Waals surface area contributed by atoms with Crippen LogP contribution < -0.4 is 11.3 Å². The Balaban J connectivity index is 2.82. The van der Waals surface area contributed by atoms with Gasteiger partial charge in [0.1, 0.15) is 5.76 Å². The van der Waals surface area contributed by atoms with Gasteiger partial charge in [0.2, 0.25) is 0 Å². The predicted octanol–water partition coefficient (Wildman–Crippen LogP) is 1.52. The first kappa shape index (κ1) is 12.0. The third kappa shape index (κ3) is 3.59. The number of ketones is 1. The van der Waals surface area contributed by atoms with Crippen molar-refractivity contribution in [1.82, 2.24) is 5.43 Å². The van der Waals surface area contributed by atoms with Gasteiger partial charge in [0.05, 0.1) is 0 Å². The van der Waals surface area contributed by atoms with Crippen LogP contribution >= 0.6 is 0 Å². The van der Waals surface area contributed by atoms with Crippen molar-refractivity contribution in [1.29, 1.82) is 0 Å². The van der Waals surface area contributed by atoms with Crippen molar-refractivity contribution in [3.63, 3.8) is 0 Å². The molecule has 0 aliphatic carbocycles. The van der Waals surface area contributed by atoms with Crippen LogP contribution in [0.25, 0.3) is 5.76 Å². The van der Waals surface area contributed by atoms with Gasteiger partial charge in [0, 0.05) is 23.4 Å². The number of hydrazine groups is 1. The first-order valence-electron chi connectivity index (χ1n) is 4.78. The fourth-order valence-corrected chi connectivity index (χ4v) is 1.12. The molecule has 1 rings (SSSR count). The van der Waals surface area contributed by atoms with E-state index in [0.717, 1.165) is 6.08 Å². The number of nitrogens with one attached hydrogen (secondary N) is 1. The fraction of sp³-hybridized carbons (Fsp3) is 0.0833. The maximum Gasteiger partial charge on any atom is 0.184 e. The highest BCUT2D eigenvalue weighted by molar-refractivity contribution is 6.03. The number of hydrogen-bond acceptors (Lipinski definition) is 4. The average Bonchev–Trinajstić information content (AvgIpc) is 2.29. The van der Waals surface area contributed by atoms with E-state index in [1.807, 2.05) is 6.07 Å². The Bertz CT molecular complexity index is 422. The number of aliphatic hydroxyl groups is 1. The van der Waals surface area contributed by atoms with E-state index in [0.29, 0.717) is 11.3 Å². The van der Waals surface area contributed by atoms with Crippen LogP contribution in [0.4, 0.5) is 0 Å². The van der Waals surface area contributed by atoms with Crippen molar-refractivity contribution >= 4 is 11.5 Å². The molecule has 4 nitrogen and oxygen atoms in total. The smallest absolute Gasteiger partial charge is 0.184 e. The summed E-state index contributed by atoms with van der Waals surface area (Å²) >= 11 is 0. The number of allylic oxidation sites excluding steroid dienone is 3. The molecule has 0 radical (unpaired) electrons. The third-order valence-electron chi connectivity index (χ3n) is 1.93. The minimum Gasteiger partial charge on any atom is -0.507 e. The maximum absolute atomic E-state index is 11.4. The zero-order chi connectivity index (χ0) is 12.0. The summed E-state index contributed by atoms with van der Waals surface area (Å²) in [6.45, 7) is 1.66. The van der Waals surface area contributed by atoms with Gasteiger partial charge in [0.15, 0.2) is 5.78 Å².